The van der Waals surface area contributed by atoms with Gasteiger partial charge in [-0.3, -0.25) is 19.2 Å². The highest BCUT2D eigenvalue weighted by molar-refractivity contribution is 5.92. The number of carbonyl (C=O) groups excluding carboxylic acids is 3. The van der Waals surface area contributed by atoms with E-state index < -0.39 is 36.4 Å². The maximum atomic E-state index is 12.6. The van der Waals surface area contributed by atoms with E-state index in [2.05, 4.69) is 16.0 Å². The number of hydrogen-bond donors (Lipinski definition) is 5. The average Bonchev–Trinajstić information content (AvgIpc) is 2.86. The van der Waals surface area contributed by atoms with Crippen molar-refractivity contribution in [3.8, 4) is 0 Å². The largest absolute Gasteiger partial charge is 0.481 e. The zero-order valence-corrected chi connectivity index (χ0v) is 21.8. The first-order valence-corrected chi connectivity index (χ1v) is 13.7. The van der Waals surface area contributed by atoms with Crippen LogP contribution in [0.15, 0.2) is 0 Å². The molecule has 1 saturated heterocycles. The van der Waals surface area contributed by atoms with Crippen LogP contribution in [0.3, 0.4) is 0 Å². The summed E-state index contributed by atoms with van der Waals surface area (Å²) < 4.78 is 0. The Balaban J connectivity index is 1.77. The number of carboxylic acids is 1. The second-order valence-corrected chi connectivity index (χ2v) is 10.4. The Morgan fingerprint density at radius 3 is 2.36 bits per heavy atom. The molecular formula is C26H46N4O6. The molecule has 206 valence electrons. The van der Waals surface area contributed by atoms with E-state index in [9.17, 15) is 29.4 Å². The summed E-state index contributed by atoms with van der Waals surface area (Å²) in [6, 6.07) is -1.27. The van der Waals surface area contributed by atoms with E-state index in [0.29, 0.717) is 31.2 Å². The van der Waals surface area contributed by atoms with E-state index in [4.69, 9.17) is 0 Å². The minimum atomic E-state index is -1.27. The van der Waals surface area contributed by atoms with E-state index in [1.807, 2.05) is 0 Å². The number of piperidine rings is 1. The van der Waals surface area contributed by atoms with Crippen LogP contribution in [-0.4, -0.2) is 83.7 Å². The Morgan fingerprint density at radius 1 is 1.03 bits per heavy atom. The molecular weight excluding hydrogens is 464 g/mol. The van der Waals surface area contributed by atoms with Gasteiger partial charge in [0.25, 0.3) is 0 Å². The molecule has 0 aromatic carbocycles. The molecule has 36 heavy (non-hydrogen) atoms. The molecule has 0 spiro atoms. The normalized spacial score (nSPS) is 18.7. The lowest BCUT2D eigenvalue weighted by Crippen LogP contribution is -2.52. The van der Waals surface area contributed by atoms with E-state index in [1.54, 1.807) is 6.92 Å². The van der Waals surface area contributed by atoms with Crippen LogP contribution >= 0.6 is 0 Å². The van der Waals surface area contributed by atoms with Crippen LogP contribution in [0.5, 0.6) is 0 Å². The Hall–Kier alpha value is -2.20. The molecule has 10 nitrogen and oxygen atoms in total. The maximum absolute atomic E-state index is 12.6. The number of likely N-dealkylation sites (N-methyl/N-ethyl adjacent to an activating group) is 1. The number of aliphatic carboxylic acids is 1. The monoisotopic (exact) mass is 510 g/mol. The number of nitrogens with zero attached hydrogens (tertiary/aromatic N) is 1. The van der Waals surface area contributed by atoms with Crippen molar-refractivity contribution in [2.75, 3.05) is 32.7 Å². The zero-order chi connectivity index (χ0) is 26.3. The molecule has 5 N–H and O–H groups in total. The topological polar surface area (TPSA) is 148 Å². The SMILES string of the molecule is CCN(CC(=O)N[C@@H](CC(=O)O)C(=O)NCC(O)CC1CCCCC1)C(=O)CCCC1CCNCC1. The van der Waals surface area contributed by atoms with E-state index in [0.717, 1.165) is 64.5 Å². The van der Waals surface area contributed by atoms with Gasteiger partial charge in [-0.05, 0) is 64.0 Å². The Morgan fingerprint density at radius 2 is 1.72 bits per heavy atom. The molecule has 2 rings (SSSR count). The molecule has 1 saturated carbocycles. The van der Waals surface area contributed by atoms with E-state index in [-0.39, 0.29) is 19.0 Å². The van der Waals surface area contributed by atoms with Gasteiger partial charge in [0.2, 0.25) is 17.7 Å². The van der Waals surface area contributed by atoms with Crippen molar-refractivity contribution >= 4 is 23.7 Å². The lowest BCUT2D eigenvalue weighted by Gasteiger charge is -2.25. The van der Waals surface area contributed by atoms with Crippen molar-refractivity contribution in [3.05, 3.63) is 0 Å². The highest BCUT2D eigenvalue weighted by Crippen LogP contribution is 2.27. The minimum Gasteiger partial charge on any atom is -0.481 e. The molecule has 1 aliphatic heterocycles. The lowest BCUT2D eigenvalue weighted by molar-refractivity contribution is -0.141. The van der Waals surface area contributed by atoms with Crippen LogP contribution in [0.1, 0.15) is 84.0 Å². The first-order valence-electron chi connectivity index (χ1n) is 13.7. The Labute approximate surface area is 214 Å². The van der Waals surface area contributed by atoms with Crippen molar-refractivity contribution in [1.82, 2.24) is 20.9 Å². The van der Waals surface area contributed by atoms with Crippen LogP contribution in [0.2, 0.25) is 0 Å². The molecule has 0 radical (unpaired) electrons. The van der Waals surface area contributed by atoms with Crippen molar-refractivity contribution in [1.29, 1.82) is 0 Å². The smallest absolute Gasteiger partial charge is 0.305 e. The van der Waals surface area contributed by atoms with Gasteiger partial charge in [-0.25, -0.2) is 0 Å². The van der Waals surface area contributed by atoms with Gasteiger partial charge in [0.1, 0.15) is 6.04 Å². The van der Waals surface area contributed by atoms with Gasteiger partial charge < -0.3 is 31.1 Å². The second kappa shape index (κ2) is 16.5. The quantitative estimate of drug-likeness (QED) is 0.224. The second-order valence-electron chi connectivity index (χ2n) is 10.4. The first-order chi connectivity index (χ1) is 17.3. The summed E-state index contributed by atoms with van der Waals surface area (Å²) in [5.41, 5.74) is 0. The Bertz CT molecular complexity index is 707. The van der Waals surface area contributed by atoms with Crippen LogP contribution in [-0.2, 0) is 19.2 Å². The molecule has 2 fully saturated rings. The lowest BCUT2D eigenvalue weighted by atomic mass is 9.85. The third-order valence-electron chi connectivity index (χ3n) is 7.40. The molecule has 0 bridgehead atoms. The van der Waals surface area contributed by atoms with Gasteiger partial charge in [-0.1, -0.05) is 32.1 Å². The Kier molecular flexibility index (Phi) is 13.8. The number of carboxylic acid groups (broad SMARTS) is 1. The summed E-state index contributed by atoms with van der Waals surface area (Å²) in [6.45, 7) is 3.96. The number of rotatable bonds is 15. The van der Waals surface area contributed by atoms with Crippen molar-refractivity contribution in [2.45, 2.75) is 96.1 Å². The number of aliphatic hydroxyl groups excluding tert-OH is 1. The summed E-state index contributed by atoms with van der Waals surface area (Å²) >= 11 is 0. The van der Waals surface area contributed by atoms with Crippen LogP contribution < -0.4 is 16.0 Å². The van der Waals surface area contributed by atoms with Crippen LogP contribution in [0.25, 0.3) is 0 Å². The highest BCUT2D eigenvalue weighted by atomic mass is 16.4. The molecule has 2 atom stereocenters. The fourth-order valence-electron chi connectivity index (χ4n) is 5.28. The molecule has 0 aromatic heterocycles. The zero-order valence-electron chi connectivity index (χ0n) is 21.8. The molecule has 1 heterocycles. The fourth-order valence-corrected chi connectivity index (χ4v) is 5.28. The predicted molar refractivity (Wildman–Crippen MR) is 136 cm³/mol. The average molecular weight is 511 g/mol. The summed E-state index contributed by atoms with van der Waals surface area (Å²) in [5, 5.41) is 27.9. The third-order valence-corrected chi connectivity index (χ3v) is 7.40. The van der Waals surface area contributed by atoms with E-state index >= 15 is 0 Å². The molecule has 3 amide bonds. The first kappa shape index (κ1) is 30.0. The van der Waals surface area contributed by atoms with Crippen molar-refractivity contribution in [2.24, 2.45) is 11.8 Å². The number of carbonyl (C=O) groups is 4. The minimum absolute atomic E-state index is 0.0119. The molecule has 0 aromatic rings. The molecule has 1 unspecified atom stereocenters. The standard InChI is InChI=1S/C26H46N4O6/c1-2-30(24(33)10-6-9-19-11-13-27-14-12-19)18-23(32)29-22(16-25(34)35)26(36)28-17-21(31)15-20-7-4-3-5-8-20/h19-22,27,31H,2-18H2,1H3,(H,28,36)(H,29,32)(H,34,35)/t21?,22-/m0/s1. The summed E-state index contributed by atoms with van der Waals surface area (Å²) in [6.07, 6.45) is 9.38. The van der Waals surface area contributed by atoms with Crippen LogP contribution in [0.4, 0.5) is 0 Å². The van der Waals surface area contributed by atoms with Gasteiger partial charge in [0.15, 0.2) is 0 Å². The van der Waals surface area contributed by atoms with E-state index in [1.165, 1.54) is 11.3 Å². The van der Waals surface area contributed by atoms with Gasteiger partial charge in [0.05, 0.1) is 19.1 Å². The van der Waals surface area contributed by atoms with Crippen LogP contribution in [0, 0.1) is 11.8 Å². The summed E-state index contributed by atoms with van der Waals surface area (Å²) in [7, 11) is 0. The number of aliphatic hydroxyl groups is 1. The van der Waals surface area contributed by atoms with Crippen molar-refractivity contribution < 1.29 is 29.4 Å². The number of hydrogen-bond acceptors (Lipinski definition) is 6. The van der Waals surface area contributed by atoms with Gasteiger partial charge in [-0.15, -0.1) is 0 Å². The molecule has 2 aliphatic rings. The van der Waals surface area contributed by atoms with Gasteiger partial charge >= 0.3 is 5.97 Å². The van der Waals surface area contributed by atoms with Crippen molar-refractivity contribution in [3.63, 3.8) is 0 Å². The molecule has 1 aliphatic carbocycles. The summed E-state index contributed by atoms with van der Waals surface area (Å²) in [4.78, 5) is 50.5. The number of amides is 3. The highest BCUT2D eigenvalue weighted by Gasteiger charge is 2.26. The maximum Gasteiger partial charge on any atom is 0.305 e. The van der Waals surface area contributed by atoms with Gasteiger partial charge in [-0.2, -0.15) is 0 Å². The fraction of sp³-hybridized carbons (Fsp3) is 0.846. The predicted octanol–water partition coefficient (Wildman–Crippen LogP) is 1.41. The molecule has 10 heteroatoms. The van der Waals surface area contributed by atoms with Gasteiger partial charge in [0, 0.05) is 19.5 Å². The third kappa shape index (κ3) is 11.7. The summed E-state index contributed by atoms with van der Waals surface area (Å²) in [5.74, 6) is -1.49. The number of nitrogens with one attached hydrogen (secondary N) is 3.